The summed E-state index contributed by atoms with van der Waals surface area (Å²) < 4.78 is 3.35. The van der Waals surface area contributed by atoms with E-state index < -0.39 is 5.25 Å². The monoisotopic (exact) mass is 457 g/mol. The number of anilines is 1. The Morgan fingerprint density at radius 2 is 1.73 bits per heavy atom. The summed E-state index contributed by atoms with van der Waals surface area (Å²) in [6, 6.07) is 16.6. The van der Waals surface area contributed by atoms with Crippen molar-refractivity contribution in [3.63, 3.8) is 0 Å². The molecule has 0 aliphatic carbocycles. The number of nitrogens with zero attached hydrogens (tertiary/aromatic N) is 6. The summed E-state index contributed by atoms with van der Waals surface area (Å²) in [6.45, 7) is 3.75. The highest BCUT2D eigenvalue weighted by atomic mass is 32.2. The van der Waals surface area contributed by atoms with Gasteiger partial charge in [0.15, 0.2) is 5.16 Å². The Morgan fingerprint density at radius 3 is 2.48 bits per heavy atom. The Bertz CT molecular complexity index is 1530. The van der Waals surface area contributed by atoms with Crippen molar-refractivity contribution in [2.24, 2.45) is 0 Å². The van der Waals surface area contributed by atoms with E-state index in [4.69, 9.17) is 0 Å². The molecule has 5 rings (SSSR count). The average molecular weight is 458 g/mol. The molecule has 2 aromatic carbocycles. The topological polar surface area (TPSA) is 107 Å². The smallest absolute Gasteiger partial charge is 0.267 e. The van der Waals surface area contributed by atoms with Gasteiger partial charge in [-0.25, -0.2) is 14.5 Å². The first-order valence-corrected chi connectivity index (χ1v) is 11.1. The second-order valence-electron chi connectivity index (χ2n) is 7.43. The van der Waals surface area contributed by atoms with Gasteiger partial charge in [-0.15, -0.1) is 10.2 Å². The van der Waals surface area contributed by atoms with Crippen molar-refractivity contribution in [1.29, 1.82) is 0 Å². The number of benzene rings is 2. The van der Waals surface area contributed by atoms with Crippen LogP contribution in [-0.2, 0) is 4.79 Å². The lowest BCUT2D eigenvalue weighted by Crippen LogP contribution is -2.24. The molecule has 0 aliphatic heterocycles. The third-order valence-electron chi connectivity index (χ3n) is 5.14. The Hall–Kier alpha value is -4.05. The lowest BCUT2D eigenvalue weighted by Gasteiger charge is -2.13. The van der Waals surface area contributed by atoms with Crippen molar-refractivity contribution in [2.45, 2.75) is 24.3 Å². The van der Waals surface area contributed by atoms with Crippen LogP contribution >= 0.6 is 11.8 Å². The number of nitrogens with one attached hydrogen (secondary N) is 1. The molecule has 33 heavy (non-hydrogen) atoms. The van der Waals surface area contributed by atoms with Gasteiger partial charge in [0.1, 0.15) is 0 Å². The normalized spacial score (nSPS) is 12.2. The predicted molar refractivity (Wildman–Crippen MR) is 127 cm³/mol. The summed E-state index contributed by atoms with van der Waals surface area (Å²) in [4.78, 5) is 34.1. The maximum Gasteiger partial charge on any atom is 0.267 e. The van der Waals surface area contributed by atoms with E-state index in [1.165, 1.54) is 11.8 Å². The molecule has 0 spiro atoms. The summed E-state index contributed by atoms with van der Waals surface area (Å²) >= 11 is 1.24. The molecule has 0 saturated heterocycles. The fourth-order valence-corrected chi connectivity index (χ4v) is 4.32. The zero-order chi connectivity index (χ0) is 22.9. The van der Waals surface area contributed by atoms with Gasteiger partial charge in [-0.2, -0.15) is 0 Å². The van der Waals surface area contributed by atoms with E-state index in [2.05, 4.69) is 25.5 Å². The van der Waals surface area contributed by atoms with Gasteiger partial charge >= 0.3 is 0 Å². The first-order valence-electron chi connectivity index (χ1n) is 10.2. The van der Waals surface area contributed by atoms with Crippen LogP contribution in [-0.4, -0.2) is 40.3 Å². The SMILES string of the molecule is Cc1ccc(-n2c(=O)c3ccccc3n3c(SC(C)C(=O)Nc4ncccn4)nnc23)cc1. The van der Waals surface area contributed by atoms with Gasteiger partial charge in [0.05, 0.1) is 21.8 Å². The summed E-state index contributed by atoms with van der Waals surface area (Å²) in [5.74, 6) is 0.350. The second-order valence-corrected chi connectivity index (χ2v) is 8.74. The van der Waals surface area contributed by atoms with E-state index in [9.17, 15) is 9.59 Å². The highest BCUT2D eigenvalue weighted by Crippen LogP contribution is 2.26. The van der Waals surface area contributed by atoms with Crippen LogP contribution in [0, 0.1) is 6.92 Å². The maximum atomic E-state index is 13.4. The molecule has 3 heterocycles. The van der Waals surface area contributed by atoms with Crippen LogP contribution < -0.4 is 10.9 Å². The first kappa shape index (κ1) is 20.8. The van der Waals surface area contributed by atoms with E-state index in [0.29, 0.717) is 27.5 Å². The van der Waals surface area contributed by atoms with Crippen molar-refractivity contribution >= 4 is 40.3 Å². The van der Waals surface area contributed by atoms with Gasteiger partial charge < -0.3 is 0 Å². The molecule has 0 radical (unpaired) electrons. The van der Waals surface area contributed by atoms with Crippen LogP contribution in [0.1, 0.15) is 12.5 Å². The fraction of sp³-hybridized carbons (Fsp3) is 0.130. The number of carbonyl (C=O) groups is 1. The van der Waals surface area contributed by atoms with Crippen LogP contribution in [0.2, 0.25) is 0 Å². The number of thioether (sulfide) groups is 1. The van der Waals surface area contributed by atoms with Gasteiger partial charge in [-0.05, 0) is 44.2 Å². The Kier molecular flexibility index (Phi) is 5.35. The Balaban J connectivity index is 1.60. The largest absolute Gasteiger partial charge is 0.294 e. The minimum atomic E-state index is -0.514. The van der Waals surface area contributed by atoms with Crippen molar-refractivity contribution in [3.8, 4) is 5.69 Å². The molecule has 164 valence electrons. The molecule has 1 N–H and O–H groups in total. The van der Waals surface area contributed by atoms with Crippen LogP contribution in [0.15, 0.2) is 76.9 Å². The minimum absolute atomic E-state index is 0.182. The zero-order valence-corrected chi connectivity index (χ0v) is 18.7. The number of aromatic nitrogens is 6. The molecule has 9 nitrogen and oxygen atoms in total. The molecule has 0 aliphatic rings. The first-order chi connectivity index (χ1) is 16.0. The van der Waals surface area contributed by atoms with E-state index >= 15 is 0 Å². The van der Waals surface area contributed by atoms with Gasteiger partial charge in [-0.3, -0.25) is 19.3 Å². The number of carbonyl (C=O) groups excluding carboxylic acids is 1. The van der Waals surface area contributed by atoms with Crippen LogP contribution in [0.25, 0.3) is 22.4 Å². The Morgan fingerprint density at radius 1 is 1.00 bits per heavy atom. The fourth-order valence-electron chi connectivity index (χ4n) is 3.47. The average Bonchev–Trinajstić information content (AvgIpc) is 3.24. The van der Waals surface area contributed by atoms with Crippen molar-refractivity contribution < 1.29 is 4.79 Å². The molecule has 1 unspecified atom stereocenters. The third-order valence-corrected chi connectivity index (χ3v) is 6.18. The number of rotatable bonds is 5. The lowest BCUT2D eigenvalue weighted by atomic mass is 10.2. The summed E-state index contributed by atoms with van der Waals surface area (Å²) in [5.41, 5.74) is 2.27. The number of hydrogen-bond donors (Lipinski definition) is 1. The summed E-state index contributed by atoms with van der Waals surface area (Å²) in [7, 11) is 0. The van der Waals surface area contributed by atoms with Gasteiger partial charge in [0, 0.05) is 12.4 Å². The standard InChI is InChI=1S/C23H19N7O2S/c1-14-8-10-16(11-9-14)29-20(32)17-6-3-4-7-18(17)30-22(29)27-28-23(30)33-15(2)19(31)26-21-24-12-5-13-25-21/h3-13,15H,1-2H3,(H,24,25,26,31). The number of amides is 1. The van der Waals surface area contributed by atoms with Crippen LogP contribution in [0.5, 0.6) is 0 Å². The molecule has 0 bridgehead atoms. The molecule has 10 heteroatoms. The second kappa shape index (κ2) is 8.47. The number of fused-ring (bicyclic) bond motifs is 3. The molecule has 1 amide bonds. The van der Waals surface area contributed by atoms with Gasteiger partial charge in [0.2, 0.25) is 17.6 Å². The minimum Gasteiger partial charge on any atom is -0.294 e. The molecule has 1 atom stereocenters. The maximum absolute atomic E-state index is 13.4. The van der Waals surface area contributed by atoms with Crippen molar-refractivity contribution in [2.75, 3.05) is 5.32 Å². The Labute approximate surface area is 192 Å². The predicted octanol–water partition coefficient (Wildman–Crippen LogP) is 3.25. The van der Waals surface area contributed by atoms with Crippen molar-refractivity contribution in [1.82, 2.24) is 29.1 Å². The van der Waals surface area contributed by atoms with Crippen LogP contribution in [0.4, 0.5) is 5.95 Å². The molecule has 0 saturated carbocycles. The third kappa shape index (κ3) is 3.85. The van der Waals surface area contributed by atoms with E-state index in [1.807, 2.05) is 53.8 Å². The van der Waals surface area contributed by atoms with Crippen molar-refractivity contribution in [3.05, 3.63) is 82.9 Å². The molecule has 5 aromatic rings. The number of hydrogen-bond acceptors (Lipinski definition) is 7. The van der Waals surface area contributed by atoms with Gasteiger partial charge in [-0.1, -0.05) is 41.6 Å². The van der Waals surface area contributed by atoms with Crippen LogP contribution in [0.3, 0.4) is 0 Å². The highest BCUT2D eigenvalue weighted by molar-refractivity contribution is 8.00. The molecule has 3 aromatic heterocycles. The molecular weight excluding hydrogens is 438 g/mol. The number of aryl methyl sites for hydroxylation is 1. The van der Waals surface area contributed by atoms with E-state index in [0.717, 1.165) is 5.56 Å². The molecule has 0 fully saturated rings. The molecular formula is C23H19N7O2S. The summed E-state index contributed by atoms with van der Waals surface area (Å²) in [5, 5.41) is 11.9. The van der Waals surface area contributed by atoms with E-state index in [-0.39, 0.29) is 17.4 Å². The zero-order valence-electron chi connectivity index (χ0n) is 17.8. The van der Waals surface area contributed by atoms with E-state index in [1.54, 1.807) is 36.0 Å². The quantitative estimate of drug-likeness (QED) is 0.404. The highest BCUT2D eigenvalue weighted by Gasteiger charge is 2.22. The van der Waals surface area contributed by atoms with Gasteiger partial charge in [0.25, 0.3) is 5.56 Å². The lowest BCUT2D eigenvalue weighted by molar-refractivity contribution is -0.115. The summed E-state index contributed by atoms with van der Waals surface area (Å²) in [6.07, 6.45) is 3.12. The number of para-hydroxylation sites is 1.